The third kappa shape index (κ3) is 1.89. The Morgan fingerprint density at radius 3 is 2.86 bits per heavy atom. The monoisotopic (exact) mass is 190 g/mol. The molecule has 2 rings (SSSR count). The van der Waals surface area contributed by atoms with Crippen molar-refractivity contribution < 1.29 is 0 Å². The van der Waals surface area contributed by atoms with E-state index < -0.39 is 0 Å². The van der Waals surface area contributed by atoms with E-state index in [0.717, 1.165) is 6.54 Å². The maximum atomic E-state index is 4.09. The molecule has 1 aliphatic carbocycles. The maximum absolute atomic E-state index is 4.09. The summed E-state index contributed by atoms with van der Waals surface area (Å²) in [6, 6.07) is 2.06. The lowest BCUT2D eigenvalue weighted by molar-refractivity contribution is 0.521. The molecule has 14 heavy (non-hydrogen) atoms. The van der Waals surface area contributed by atoms with Crippen LogP contribution in [0.5, 0.6) is 0 Å². The van der Waals surface area contributed by atoms with Gasteiger partial charge in [0, 0.05) is 24.6 Å². The predicted molar refractivity (Wildman–Crippen MR) is 59.4 cm³/mol. The van der Waals surface area contributed by atoms with Crippen LogP contribution in [0.4, 0.5) is 5.69 Å². The van der Waals surface area contributed by atoms with Gasteiger partial charge in [0.1, 0.15) is 0 Å². The zero-order chi connectivity index (χ0) is 10.0. The summed E-state index contributed by atoms with van der Waals surface area (Å²) in [6.45, 7) is 5.50. The molecule has 0 unspecified atom stereocenters. The Morgan fingerprint density at radius 2 is 2.29 bits per heavy atom. The quantitative estimate of drug-likeness (QED) is 0.789. The van der Waals surface area contributed by atoms with Gasteiger partial charge in [-0.15, -0.1) is 0 Å². The Kier molecular flexibility index (Phi) is 2.44. The van der Waals surface area contributed by atoms with E-state index >= 15 is 0 Å². The molecule has 1 fully saturated rings. The summed E-state index contributed by atoms with van der Waals surface area (Å²) in [6.07, 6.45) is 7.83. The molecule has 0 bridgehead atoms. The predicted octanol–water partition coefficient (Wildman–Crippen LogP) is 2.99. The number of aryl methyl sites for hydroxylation is 1. The second kappa shape index (κ2) is 3.60. The van der Waals surface area contributed by atoms with Crippen LogP contribution in [0.15, 0.2) is 18.5 Å². The van der Waals surface area contributed by atoms with E-state index in [0.29, 0.717) is 5.41 Å². The molecule has 1 heterocycles. The Labute approximate surface area is 85.7 Å². The molecule has 2 heteroatoms. The highest BCUT2D eigenvalue weighted by molar-refractivity contribution is 5.48. The molecule has 0 amide bonds. The highest BCUT2D eigenvalue weighted by atomic mass is 14.9. The number of pyridine rings is 1. The van der Waals surface area contributed by atoms with Gasteiger partial charge in [0.05, 0.1) is 0 Å². The van der Waals surface area contributed by atoms with Crippen LogP contribution in [0.3, 0.4) is 0 Å². The number of aromatic nitrogens is 1. The molecule has 0 aliphatic heterocycles. The van der Waals surface area contributed by atoms with Crippen LogP contribution in [-0.2, 0) is 0 Å². The maximum Gasteiger partial charge on any atom is 0.0400 e. The molecule has 1 aromatic heterocycles. The van der Waals surface area contributed by atoms with Crippen LogP contribution in [0.25, 0.3) is 0 Å². The minimum absolute atomic E-state index is 0.607. The van der Waals surface area contributed by atoms with Crippen molar-refractivity contribution in [3.05, 3.63) is 24.0 Å². The standard InChI is InChI=1S/C12H18N2/c1-3-12(5-6-12)9-14-11-4-7-13-8-10(11)2/h4,7-8H,3,5-6,9H2,1-2H3,(H,13,14). The first-order valence-electron chi connectivity index (χ1n) is 5.40. The van der Waals surface area contributed by atoms with Crippen LogP contribution in [-0.4, -0.2) is 11.5 Å². The topological polar surface area (TPSA) is 24.9 Å². The zero-order valence-electron chi connectivity index (χ0n) is 9.01. The second-order valence-corrected chi connectivity index (χ2v) is 4.40. The lowest BCUT2D eigenvalue weighted by atomic mass is 10.0. The van der Waals surface area contributed by atoms with E-state index in [1.807, 2.05) is 12.4 Å². The van der Waals surface area contributed by atoms with Gasteiger partial charge in [-0.05, 0) is 43.2 Å². The van der Waals surface area contributed by atoms with Crippen molar-refractivity contribution in [2.45, 2.75) is 33.1 Å². The Balaban J connectivity index is 1.95. The first kappa shape index (κ1) is 9.50. The molecule has 0 radical (unpaired) electrons. The molecule has 0 atom stereocenters. The largest absolute Gasteiger partial charge is 0.384 e. The number of rotatable bonds is 4. The first-order valence-corrected chi connectivity index (χ1v) is 5.40. The van der Waals surface area contributed by atoms with E-state index in [1.54, 1.807) is 0 Å². The van der Waals surface area contributed by atoms with Crippen molar-refractivity contribution in [2.75, 3.05) is 11.9 Å². The Bertz CT molecular complexity index is 316. The summed E-state index contributed by atoms with van der Waals surface area (Å²) in [5, 5.41) is 3.53. The molecule has 1 N–H and O–H groups in total. The lowest BCUT2D eigenvalue weighted by Crippen LogP contribution is -2.14. The molecule has 0 spiro atoms. The summed E-state index contributed by atoms with van der Waals surface area (Å²) in [7, 11) is 0. The van der Waals surface area contributed by atoms with E-state index in [1.165, 1.54) is 30.5 Å². The van der Waals surface area contributed by atoms with Gasteiger partial charge >= 0.3 is 0 Å². The fourth-order valence-corrected chi connectivity index (χ4v) is 1.79. The molecular formula is C12H18N2. The molecule has 0 saturated heterocycles. The smallest absolute Gasteiger partial charge is 0.0400 e. The average Bonchev–Trinajstić information content (AvgIpc) is 2.98. The van der Waals surface area contributed by atoms with Gasteiger partial charge in [-0.1, -0.05) is 6.92 Å². The van der Waals surface area contributed by atoms with Crippen LogP contribution in [0, 0.1) is 12.3 Å². The van der Waals surface area contributed by atoms with E-state index in [2.05, 4.69) is 30.2 Å². The minimum atomic E-state index is 0.607. The van der Waals surface area contributed by atoms with E-state index in [9.17, 15) is 0 Å². The highest BCUT2D eigenvalue weighted by Gasteiger charge is 2.40. The number of nitrogens with one attached hydrogen (secondary N) is 1. The number of hydrogen-bond donors (Lipinski definition) is 1. The van der Waals surface area contributed by atoms with Crippen LogP contribution < -0.4 is 5.32 Å². The van der Waals surface area contributed by atoms with Gasteiger partial charge in [0.25, 0.3) is 0 Å². The fourth-order valence-electron chi connectivity index (χ4n) is 1.79. The van der Waals surface area contributed by atoms with E-state index in [-0.39, 0.29) is 0 Å². The Hall–Kier alpha value is -1.05. The average molecular weight is 190 g/mol. The van der Waals surface area contributed by atoms with Crippen molar-refractivity contribution in [1.82, 2.24) is 4.98 Å². The molecule has 76 valence electrons. The van der Waals surface area contributed by atoms with Gasteiger partial charge < -0.3 is 5.32 Å². The van der Waals surface area contributed by atoms with Crippen LogP contribution >= 0.6 is 0 Å². The number of hydrogen-bond acceptors (Lipinski definition) is 2. The SMILES string of the molecule is CCC1(CNc2ccncc2C)CC1. The van der Waals surface area contributed by atoms with Crippen LogP contribution in [0.1, 0.15) is 31.7 Å². The summed E-state index contributed by atoms with van der Waals surface area (Å²) >= 11 is 0. The summed E-state index contributed by atoms with van der Waals surface area (Å²) in [5.41, 5.74) is 3.08. The summed E-state index contributed by atoms with van der Waals surface area (Å²) < 4.78 is 0. The molecule has 1 saturated carbocycles. The third-order valence-electron chi connectivity index (χ3n) is 3.38. The second-order valence-electron chi connectivity index (χ2n) is 4.40. The van der Waals surface area contributed by atoms with Gasteiger partial charge in [-0.2, -0.15) is 0 Å². The van der Waals surface area contributed by atoms with Crippen LogP contribution in [0.2, 0.25) is 0 Å². The van der Waals surface area contributed by atoms with Crippen molar-refractivity contribution in [2.24, 2.45) is 5.41 Å². The molecule has 1 aliphatic rings. The summed E-state index contributed by atoms with van der Waals surface area (Å²) in [4.78, 5) is 4.09. The molecular weight excluding hydrogens is 172 g/mol. The van der Waals surface area contributed by atoms with Crippen molar-refractivity contribution in [1.29, 1.82) is 0 Å². The fraction of sp³-hybridized carbons (Fsp3) is 0.583. The normalized spacial score (nSPS) is 17.9. The van der Waals surface area contributed by atoms with Crippen molar-refractivity contribution in [3.63, 3.8) is 0 Å². The van der Waals surface area contributed by atoms with Crippen molar-refractivity contribution in [3.8, 4) is 0 Å². The lowest BCUT2D eigenvalue weighted by Gasteiger charge is -2.15. The highest BCUT2D eigenvalue weighted by Crippen LogP contribution is 2.48. The molecule has 0 aromatic carbocycles. The summed E-state index contributed by atoms with van der Waals surface area (Å²) in [5.74, 6) is 0. The third-order valence-corrected chi connectivity index (χ3v) is 3.38. The van der Waals surface area contributed by atoms with Gasteiger partial charge in [-0.3, -0.25) is 4.98 Å². The van der Waals surface area contributed by atoms with Gasteiger partial charge in [0.15, 0.2) is 0 Å². The number of anilines is 1. The molecule has 2 nitrogen and oxygen atoms in total. The number of nitrogens with zero attached hydrogens (tertiary/aromatic N) is 1. The van der Waals surface area contributed by atoms with Crippen molar-refractivity contribution >= 4 is 5.69 Å². The van der Waals surface area contributed by atoms with E-state index in [4.69, 9.17) is 0 Å². The minimum Gasteiger partial charge on any atom is -0.384 e. The zero-order valence-corrected chi connectivity index (χ0v) is 9.01. The molecule has 1 aromatic rings. The Morgan fingerprint density at radius 1 is 1.50 bits per heavy atom. The van der Waals surface area contributed by atoms with Gasteiger partial charge in [0.2, 0.25) is 0 Å². The van der Waals surface area contributed by atoms with Gasteiger partial charge in [-0.25, -0.2) is 0 Å². The first-order chi connectivity index (χ1) is 6.76.